The number of aryl methyl sites for hydroxylation is 1. The Labute approximate surface area is 121 Å². The lowest BCUT2D eigenvalue weighted by Crippen LogP contribution is -2.28. The van der Waals surface area contributed by atoms with Gasteiger partial charge in [0.2, 0.25) is 0 Å². The lowest BCUT2D eigenvalue weighted by Gasteiger charge is -2.09. The average Bonchev–Trinajstić information content (AvgIpc) is 2.49. The minimum atomic E-state index is -0.451. The minimum absolute atomic E-state index is 0.00119. The number of hydrogen-bond acceptors (Lipinski definition) is 5. The summed E-state index contributed by atoms with van der Waals surface area (Å²) in [6.07, 6.45) is 0. The van der Waals surface area contributed by atoms with E-state index in [9.17, 15) is 14.9 Å². The maximum absolute atomic E-state index is 12.1. The van der Waals surface area contributed by atoms with Gasteiger partial charge < -0.3 is 5.32 Å². The zero-order valence-corrected chi connectivity index (χ0v) is 11.9. The van der Waals surface area contributed by atoms with Gasteiger partial charge in [-0.25, -0.2) is 4.68 Å². The van der Waals surface area contributed by atoms with Crippen LogP contribution in [0.4, 0.5) is 5.69 Å². The third-order valence-electron chi connectivity index (χ3n) is 3.07. The van der Waals surface area contributed by atoms with Gasteiger partial charge in [-0.2, -0.15) is 5.10 Å². The highest BCUT2D eigenvalue weighted by Crippen LogP contribution is 2.22. The van der Waals surface area contributed by atoms with Crippen molar-refractivity contribution in [2.24, 2.45) is 0 Å². The first-order valence-corrected chi connectivity index (χ1v) is 6.57. The Balaban J connectivity index is 2.58. The number of nitrogens with zero attached hydrogens (tertiary/aromatic N) is 3. The van der Waals surface area contributed by atoms with Crippen molar-refractivity contribution >= 4 is 5.69 Å². The van der Waals surface area contributed by atoms with E-state index in [4.69, 9.17) is 0 Å². The summed E-state index contributed by atoms with van der Waals surface area (Å²) >= 11 is 0. The maximum Gasteiger partial charge on any atom is 0.271 e. The molecule has 0 saturated heterocycles. The summed E-state index contributed by atoms with van der Waals surface area (Å²) in [5, 5.41) is 18.0. The van der Waals surface area contributed by atoms with Gasteiger partial charge in [-0.05, 0) is 20.0 Å². The lowest BCUT2D eigenvalue weighted by atomic mass is 10.1. The van der Waals surface area contributed by atoms with Crippen molar-refractivity contribution in [3.8, 4) is 11.3 Å². The van der Waals surface area contributed by atoms with Gasteiger partial charge in [0.05, 0.1) is 10.6 Å². The van der Waals surface area contributed by atoms with Crippen molar-refractivity contribution in [3.63, 3.8) is 0 Å². The summed E-state index contributed by atoms with van der Waals surface area (Å²) in [6, 6.07) is 7.89. The quantitative estimate of drug-likeness (QED) is 0.666. The Hall–Kier alpha value is -2.54. The highest BCUT2D eigenvalue weighted by molar-refractivity contribution is 5.62. The number of benzene rings is 1. The molecule has 0 spiro atoms. The Morgan fingerprint density at radius 3 is 2.76 bits per heavy atom. The summed E-state index contributed by atoms with van der Waals surface area (Å²) in [5.41, 5.74) is 1.59. The van der Waals surface area contributed by atoms with Crippen molar-refractivity contribution in [2.75, 3.05) is 7.05 Å². The fourth-order valence-corrected chi connectivity index (χ4v) is 2.05. The molecule has 0 fully saturated rings. The second-order valence-corrected chi connectivity index (χ2v) is 4.51. The first-order valence-electron chi connectivity index (χ1n) is 6.57. The molecule has 0 saturated carbocycles. The van der Waals surface area contributed by atoms with Gasteiger partial charge in [0.15, 0.2) is 0 Å². The third-order valence-corrected chi connectivity index (χ3v) is 3.07. The van der Waals surface area contributed by atoms with E-state index in [1.54, 1.807) is 25.2 Å². The molecule has 0 aliphatic heterocycles. The van der Waals surface area contributed by atoms with E-state index in [0.717, 1.165) is 0 Å². The van der Waals surface area contributed by atoms with Crippen LogP contribution in [-0.2, 0) is 13.1 Å². The summed E-state index contributed by atoms with van der Waals surface area (Å²) in [6.45, 7) is 2.69. The summed E-state index contributed by atoms with van der Waals surface area (Å²) in [4.78, 5) is 22.5. The molecule has 0 aliphatic carbocycles. The molecule has 110 valence electrons. The van der Waals surface area contributed by atoms with Gasteiger partial charge in [-0.3, -0.25) is 14.9 Å². The zero-order valence-electron chi connectivity index (χ0n) is 11.9. The summed E-state index contributed by atoms with van der Waals surface area (Å²) in [5.74, 6) is 0. The van der Waals surface area contributed by atoms with Crippen molar-refractivity contribution < 1.29 is 4.92 Å². The van der Waals surface area contributed by atoms with Crippen LogP contribution in [0.15, 0.2) is 35.1 Å². The van der Waals surface area contributed by atoms with Gasteiger partial charge in [0.25, 0.3) is 11.2 Å². The highest BCUT2D eigenvalue weighted by Gasteiger charge is 2.12. The smallest absolute Gasteiger partial charge is 0.271 e. The van der Waals surface area contributed by atoms with Crippen LogP contribution >= 0.6 is 0 Å². The molecule has 1 aromatic heterocycles. The molecule has 0 amide bonds. The van der Waals surface area contributed by atoms with Crippen molar-refractivity contribution in [1.82, 2.24) is 15.1 Å². The molecule has 7 nitrogen and oxygen atoms in total. The molecular weight excluding hydrogens is 272 g/mol. The fourth-order valence-electron chi connectivity index (χ4n) is 2.05. The van der Waals surface area contributed by atoms with Gasteiger partial charge in [-0.1, -0.05) is 12.1 Å². The van der Waals surface area contributed by atoms with Crippen LogP contribution in [0.2, 0.25) is 0 Å². The van der Waals surface area contributed by atoms with Crippen LogP contribution in [-0.4, -0.2) is 21.8 Å². The first-order chi connectivity index (χ1) is 10.1. The van der Waals surface area contributed by atoms with Gasteiger partial charge in [-0.15, -0.1) is 0 Å². The standard InChI is InChI=1S/C14H16N4O3/c1-3-17-14(19)11(9-15-2)8-13(16-17)10-5-4-6-12(7-10)18(20)21/h4-8,15H,3,9H2,1-2H3. The molecule has 1 heterocycles. The van der Waals surface area contributed by atoms with E-state index in [1.165, 1.54) is 16.8 Å². The van der Waals surface area contributed by atoms with Crippen LogP contribution in [0.3, 0.4) is 0 Å². The largest absolute Gasteiger partial charge is 0.315 e. The third kappa shape index (κ3) is 3.14. The fraction of sp³-hybridized carbons (Fsp3) is 0.286. The van der Waals surface area contributed by atoms with Crippen LogP contribution in [0, 0.1) is 10.1 Å². The number of nitro benzene ring substituents is 1. The normalized spacial score (nSPS) is 10.6. The maximum atomic E-state index is 12.1. The molecule has 0 aliphatic rings. The Morgan fingerprint density at radius 2 is 2.14 bits per heavy atom. The summed E-state index contributed by atoms with van der Waals surface area (Å²) < 4.78 is 1.36. The van der Waals surface area contributed by atoms with Crippen molar-refractivity contribution in [2.45, 2.75) is 20.0 Å². The predicted molar refractivity (Wildman–Crippen MR) is 79.0 cm³/mol. The summed E-state index contributed by atoms with van der Waals surface area (Å²) in [7, 11) is 1.75. The topological polar surface area (TPSA) is 90.1 Å². The van der Waals surface area contributed by atoms with Crippen molar-refractivity contribution in [1.29, 1.82) is 0 Å². The van der Waals surface area contributed by atoms with E-state index in [2.05, 4.69) is 10.4 Å². The number of non-ortho nitro benzene ring substituents is 1. The molecule has 1 aromatic carbocycles. The SMILES string of the molecule is CCn1nc(-c2cccc([N+](=O)[O-])c2)cc(CNC)c1=O. The highest BCUT2D eigenvalue weighted by atomic mass is 16.6. The molecule has 2 aromatic rings. The molecular formula is C14H16N4O3. The second kappa shape index (κ2) is 6.27. The molecule has 1 N–H and O–H groups in total. The Kier molecular flexibility index (Phi) is 4.44. The second-order valence-electron chi connectivity index (χ2n) is 4.51. The molecule has 7 heteroatoms. The molecule has 0 unspecified atom stereocenters. The van der Waals surface area contributed by atoms with E-state index in [-0.39, 0.29) is 11.2 Å². The van der Waals surface area contributed by atoms with E-state index in [0.29, 0.717) is 29.9 Å². The Morgan fingerprint density at radius 1 is 1.38 bits per heavy atom. The number of nitro groups is 1. The molecule has 0 bridgehead atoms. The predicted octanol–water partition coefficient (Wildman–Crippen LogP) is 1.56. The van der Waals surface area contributed by atoms with E-state index < -0.39 is 4.92 Å². The molecule has 0 atom stereocenters. The molecule has 2 rings (SSSR count). The Bertz CT molecular complexity index is 724. The average molecular weight is 288 g/mol. The minimum Gasteiger partial charge on any atom is -0.315 e. The van der Waals surface area contributed by atoms with E-state index in [1.807, 2.05) is 6.92 Å². The van der Waals surface area contributed by atoms with E-state index >= 15 is 0 Å². The molecule has 21 heavy (non-hydrogen) atoms. The zero-order chi connectivity index (χ0) is 15.4. The number of hydrogen-bond donors (Lipinski definition) is 1. The van der Waals surface area contributed by atoms with Crippen LogP contribution in [0.1, 0.15) is 12.5 Å². The van der Waals surface area contributed by atoms with Crippen molar-refractivity contribution in [3.05, 3.63) is 56.4 Å². The first kappa shape index (κ1) is 14.9. The van der Waals surface area contributed by atoms with Crippen LogP contribution in [0.5, 0.6) is 0 Å². The lowest BCUT2D eigenvalue weighted by molar-refractivity contribution is -0.384. The number of rotatable bonds is 5. The number of nitrogens with one attached hydrogen (secondary N) is 1. The monoisotopic (exact) mass is 288 g/mol. The van der Waals surface area contributed by atoms with Gasteiger partial charge in [0.1, 0.15) is 0 Å². The van der Waals surface area contributed by atoms with Crippen LogP contribution < -0.4 is 10.9 Å². The van der Waals surface area contributed by atoms with Gasteiger partial charge in [0, 0.05) is 36.3 Å². The van der Waals surface area contributed by atoms with Crippen LogP contribution in [0.25, 0.3) is 11.3 Å². The van der Waals surface area contributed by atoms with Gasteiger partial charge >= 0.3 is 0 Å². The molecule has 0 radical (unpaired) electrons. The number of aromatic nitrogens is 2.